The topological polar surface area (TPSA) is 79.5 Å². The van der Waals surface area contributed by atoms with Crippen LogP contribution in [-0.4, -0.2) is 17.2 Å². The molecule has 0 bridgehead atoms. The number of fused-ring (bicyclic) bond motifs is 1. The molecule has 4 rings (SSSR count). The molecule has 0 radical (unpaired) electrons. The number of benzene rings is 2. The van der Waals surface area contributed by atoms with Crippen molar-refractivity contribution in [2.24, 2.45) is 5.92 Å². The van der Waals surface area contributed by atoms with Crippen LogP contribution in [0, 0.1) is 29.1 Å². The molecule has 2 aliphatic rings. The van der Waals surface area contributed by atoms with E-state index in [2.05, 4.69) is 17.9 Å². The van der Waals surface area contributed by atoms with Crippen molar-refractivity contribution in [2.45, 2.75) is 51.2 Å². The molecular formula is C29H27NO4. The smallest absolute Gasteiger partial charge is 0.304 e. The molecule has 172 valence electrons. The van der Waals surface area contributed by atoms with Crippen LogP contribution in [0.5, 0.6) is 11.5 Å². The van der Waals surface area contributed by atoms with Crippen LogP contribution in [0.25, 0.3) is 0 Å². The van der Waals surface area contributed by atoms with E-state index >= 15 is 0 Å². The summed E-state index contributed by atoms with van der Waals surface area (Å²) in [5, 5.41) is 18.3. The molecule has 0 saturated carbocycles. The lowest BCUT2D eigenvalue weighted by Gasteiger charge is -2.28. The minimum atomic E-state index is -0.858. The number of hydrogen-bond acceptors (Lipinski definition) is 4. The van der Waals surface area contributed by atoms with Crippen molar-refractivity contribution in [2.75, 3.05) is 0 Å². The van der Waals surface area contributed by atoms with Crippen LogP contribution in [0.3, 0.4) is 0 Å². The average molecular weight is 454 g/mol. The first-order valence-electron chi connectivity index (χ1n) is 11.5. The molecule has 1 heterocycles. The molecule has 0 amide bonds. The van der Waals surface area contributed by atoms with Crippen LogP contribution in [0.2, 0.25) is 0 Å². The van der Waals surface area contributed by atoms with E-state index in [-0.39, 0.29) is 30.5 Å². The summed E-state index contributed by atoms with van der Waals surface area (Å²) in [5.74, 6) is 6.37. The highest BCUT2D eigenvalue weighted by molar-refractivity contribution is 5.69. The van der Waals surface area contributed by atoms with Gasteiger partial charge in [0.2, 0.25) is 0 Å². The van der Waals surface area contributed by atoms with Gasteiger partial charge in [0.25, 0.3) is 0 Å². The third kappa shape index (κ3) is 5.33. The minimum Gasteiger partial charge on any atom is -0.486 e. The first-order valence-corrected chi connectivity index (χ1v) is 11.5. The van der Waals surface area contributed by atoms with E-state index in [0.717, 1.165) is 41.0 Å². The Balaban J connectivity index is 1.47. The zero-order chi connectivity index (χ0) is 24.1. The second-order valence-electron chi connectivity index (χ2n) is 8.66. The number of nitriles is 1. The predicted molar refractivity (Wildman–Crippen MR) is 129 cm³/mol. The summed E-state index contributed by atoms with van der Waals surface area (Å²) in [6, 6.07) is 16.0. The van der Waals surface area contributed by atoms with Crippen molar-refractivity contribution in [1.82, 2.24) is 0 Å². The van der Waals surface area contributed by atoms with Crippen LogP contribution in [0.4, 0.5) is 0 Å². The third-order valence-corrected chi connectivity index (χ3v) is 6.19. The number of aliphatic carboxylic acids is 1. The molecule has 0 spiro atoms. The summed E-state index contributed by atoms with van der Waals surface area (Å²) in [4.78, 5) is 11.2. The second-order valence-corrected chi connectivity index (χ2v) is 8.66. The lowest BCUT2D eigenvalue weighted by Crippen LogP contribution is -2.23. The monoisotopic (exact) mass is 453 g/mol. The van der Waals surface area contributed by atoms with E-state index < -0.39 is 5.97 Å². The first kappa shape index (κ1) is 23.2. The fourth-order valence-corrected chi connectivity index (χ4v) is 4.43. The van der Waals surface area contributed by atoms with Gasteiger partial charge in [0.05, 0.1) is 18.4 Å². The molecule has 0 saturated heterocycles. The zero-order valence-corrected chi connectivity index (χ0v) is 19.3. The van der Waals surface area contributed by atoms with Crippen molar-refractivity contribution in [1.29, 1.82) is 5.26 Å². The molecule has 2 aromatic rings. The van der Waals surface area contributed by atoms with Gasteiger partial charge in [0.15, 0.2) is 0 Å². The summed E-state index contributed by atoms with van der Waals surface area (Å²) in [6.45, 7) is 3.77. The molecule has 5 heteroatoms. The predicted octanol–water partition coefficient (Wildman–Crippen LogP) is 5.74. The number of rotatable bonds is 6. The number of carbonyl (C=O) groups is 1. The molecule has 1 aliphatic heterocycles. The molecule has 4 atom stereocenters. The number of carboxylic acids is 1. The van der Waals surface area contributed by atoms with Crippen molar-refractivity contribution in [3.63, 3.8) is 0 Å². The molecular weight excluding hydrogens is 426 g/mol. The first-order chi connectivity index (χ1) is 16.5. The molecule has 0 aromatic heterocycles. The van der Waals surface area contributed by atoms with E-state index in [1.807, 2.05) is 61.5 Å². The molecule has 1 N–H and O–H groups in total. The van der Waals surface area contributed by atoms with Crippen molar-refractivity contribution >= 4 is 5.97 Å². The van der Waals surface area contributed by atoms with Crippen molar-refractivity contribution in [3.05, 3.63) is 83.0 Å². The Morgan fingerprint density at radius 3 is 2.88 bits per heavy atom. The van der Waals surface area contributed by atoms with E-state index in [1.165, 1.54) is 0 Å². The van der Waals surface area contributed by atoms with Crippen LogP contribution in [0.1, 0.15) is 55.4 Å². The average Bonchev–Trinajstić information content (AvgIpc) is 2.84. The van der Waals surface area contributed by atoms with E-state index in [4.69, 9.17) is 14.7 Å². The maximum Gasteiger partial charge on any atom is 0.304 e. The molecule has 1 aliphatic carbocycles. The minimum absolute atomic E-state index is 0.0156. The van der Waals surface area contributed by atoms with Crippen LogP contribution < -0.4 is 9.47 Å². The Bertz CT molecular complexity index is 1240. The summed E-state index contributed by atoms with van der Waals surface area (Å²) in [6.07, 6.45) is 7.09. The van der Waals surface area contributed by atoms with Crippen molar-refractivity contribution < 1.29 is 19.4 Å². The molecule has 34 heavy (non-hydrogen) atoms. The highest BCUT2D eigenvalue weighted by Gasteiger charge is 2.24. The third-order valence-electron chi connectivity index (χ3n) is 6.19. The highest BCUT2D eigenvalue weighted by Crippen LogP contribution is 2.38. The van der Waals surface area contributed by atoms with Gasteiger partial charge in [-0.3, -0.25) is 4.79 Å². The quantitative estimate of drug-likeness (QED) is 0.565. The summed E-state index contributed by atoms with van der Waals surface area (Å²) >= 11 is 0. The molecule has 0 fully saturated rings. The van der Waals surface area contributed by atoms with Crippen LogP contribution in [0.15, 0.2) is 66.3 Å². The van der Waals surface area contributed by atoms with Gasteiger partial charge in [-0.2, -0.15) is 5.26 Å². The van der Waals surface area contributed by atoms with Gasteiger partial charge in [0.1, 0.15) is 23.7 Å². The Morgan fingerprint density at radius 2 is 2.15 bits per heavy atom. The lowest BCUT2D eigenvalue weighted by molar-refractivity contribution is -0.137. The Labute approximate surface area is 200 Å². The van der Waals surface area contributed by atoms with Gasteiger partial charge >= 0.3 is 5.97 Å². The van der Waals surface area contributed by atoms with Gasteiger partial charge in [-0.15, -0.1) is 5.92 Å². The number of allylic oxidation sites excluding steroid dienone is 2. The Morgan fingerprint density at radius 1 is 1.29 bits per heavy atom. The summed E-state index contributed by atoms with van der Waals surface area (Å²) in [5.41, 5.74) is 3.70. The van der Waals surface area contributed by atoms with Crippen molar-refractivity contribution in [3.8, 4) is 29.4 Å². The fourth-order valence-electron chi connectivity index (χ4n) is 4.43. The van der Waals surface area contributed by atoms with Crippen LogP contribution >= 0.6 is 0 Å². The number of hydrogen-bond donors (Lipinski definition) is 1. The maximum absolute atomic E-state index is 11.2. The standard InChI is InChI=1S/C29H27NO4/c1-3-5-21(17-29(31)32)22-9-12-28-24(15-22)10-13-27(34-28)23-6-4-7-25(16-23)33-26-11-8-20(18-30)14-19(26)2/h4,6-9,11-12,14-16,19,21,26-27H,10,13,17H2,1-2H3,(H,31,32). The zero-order valence-electron chi connectivity index (χ0n) is 19.3. The van der Waals surface area contributed by atoms with Gasteiger partial charge < -0.3 is 14.6 Å². The normalized spacial score (nSPS) is 21.6. The molecule has 4 unspecified atom stereocenters. The summed E-state index contributed by atoms with van der Waals surface area (Å²) in [7, 11) is 0. The largest absolute Gasteiger partial charge is 0.486 e. The van der Waals surface area contributed by atoms with Gasteiger partial charge in [-0.05, 0) is 66.8 Å². The van der Waals surface area contributed by atoms with Gasteiger partial charge in [0, 0.05) is 11.5 Å². The highest BCUT2D eigenvalue weighted by atomic mass is 16.5. The lowest BCUT2D eigenvalue weighted by atomic mass is 9.91. The summed E-state index contributed by atoms with van der Waals surface area (Å²) < 4.78 is 12.5. The Hall–Kier alpha value is -3.96. The molecule has 5 nitrogen and oxygen atoms in total. The van der Waals surface area contributed by atoms with Gasteiger partial charge in [-0.1, -0.05) is 43.2 Å². The second kappa shape index (κ2) is 10.3. The SMILES string of the molecule is CC#CC(CC(=O)O)c1ccc2c(c1)CCC(c1cccc(OC3C=CC(C#N)=CC3C)c1)O2. The number of aryl methyl sites for hydroxylation is 1. The maximum atomic E-state index is 11.2. The van der Waals surface area contributed by atoms with E-state index in [9.17, 15) is 9.90 Å². The number of ether oxygens (including phenoxy) is 2. The fraction of sp³-hybridized carbons (Fsp3) is 0.310. The van der Waals surface area contributed by atoms with E-state index in [1.54, 1.807) is 13.0 Å². The number of carboxylic acid groups (broad SMARTS) is 1. The van der Waals surface area contributed by atoms with Gasteiger partial charge in [-0.25, -0.2) is 0 Å². The number of nitrogens with zero attached hydrogens (tertiary/aromatic N) is 1. The molecule has 2 aromatic carbocycles. The Kier molecular flexibility index (Phi) is 7.04. The van der Waals surface area contributed by atoms with Crippen LogP contribution in [-0.2, 0) is 11.2 Å². The van der Waals surface area contributed by atoms with E-state index in [0.29, 0.717) is 5.57 Å².